The van der Waals surface area contributed by atoms with E-state index in [-0.39, 0.29) is 18.3 Å². The van der Waals surface area contributed by atoms with Crippen LogP contribution in [-0.2, 0) is 0 Å². The molecule has 0 atom stereocenters. The Bertz CT molecular complexity index is 511. The maximum atomic E-state index is 12.5. The molecule has 8 heteroatoms. The first-order valence-electron chi connectivity index (χ1n) is 7.12. The molecule has 0 bridgehead atoms. The van der Waals surface area contributed by atoms with Crippen molar-refractivity contribution in [3.8, 4) is 0 Å². The minimum atomic E-state index is -2.49. The van der Waals surface area contributed by atoms with Gasteiger partial charge in [0.2, 0.25) is 0 Å². The summed E-state index contributed by atoms with van der Waals surface area (Å²) in [4.78, 5) is 15.2. The number of carbonyl (C=O) groups is 1. The Morgan fingerprint density at radius 2 is 2.09 bits per heavy atom. The number of halogens is 3. The van der Waals surface area contributed by atoms with Gasteiger partial charge in [-0.1, -0.05) is 11.8 Å². The number of likely N-dealkylation sites (tertiary alicyclic amines) is 1. The van der Waals surface area contributed by atoms with E-state index in [2.05, 4.69) is 5.32 Å². The molecule has 124 valence electrons. The van der Waals surface area contributed by atoms with E-state index >= 15 is 0 Å². The van der Waals surface area contributed by atoms with Gasteiger partial charge in [-0.25, -0.2) is 0 Å². The number of hydrogen-bond acceptors (Lipinski definition) is 4. The molecule has 0 saturated carbocycles. The van der Waals surface area contributed by atoms with Gasteiger partial charge >= 0.3 is 0 Å². The number of amides is 1. The van der Waals surface area contributed by atoms with Gasteiger partial charge in [-0.2, -0.15) is 8.78 Å². The number of piperidine rings is 1. The van der Waals surface area contributed by atoms with Crippen LogP contribution in [0.15, 0.2) is 16.3 Å². The van der Waals surface area contributed by atoms with Crippen molar-refractivity contribution in [2.75, 3.05) is 26.2 Å². The second kappa shape index (κ2) is 7.47. The fourth-order valence-electron chi connectivity index (χ4n) is 3.19. The van der Waals surface area contributed by atoms with Crippen molar-refractivity contribution in [1.82, 2.24) is 10.2 Å². The Morgan fingerprint density at radius 3 is 2.68 bits per heavy atom. The molecule has 3 heterocycles. The van der Waals surface area contributed by atoms with Crippen molar-refractivity contribution in [3.63, 3.8) is 0 Å². The SMILES string of the molecule is Cl.O=C(c1sccc1SC(F)F)N1CCC2(CCNC2)CC1. The summed E-state index contributed by atoms with van der Waals surface area (Å²) in [5, 5.41) is 5.11. The van der Waals surface area contributed by atoms with Gasteiger partial charge in [0.1, 0.15) is 4.88 Å². The summed E-state index contributed by atoms with van der Waals surface area (Å²) >= 11 is 1.72. The third kappa shape index (κ3) is 3.75. The van der Waals surface area contributed by atoms with Crippen LogP contribution in [0, 0.1) is 5.41 Å². The van der Waals surface area contributed by atoms with Crippen LogP contribution < -0.4 is 5.32 Å². The topological polar surface area (TPSA) is 32.3 Å². The van der Waals surface area contributed by atoms with Gasteiger partial charge in [-0.15, -0.1) is 23.7 Å². The summed E-state index contributed by atoms with van der Waals surface area (Å²) in [7, 11) is 0. The van der Waals surface area contributed by atoms with Gasteiger partial charge in [-0.3, -0.25) is 4.79 Å². The molecule has 1 N–H and O–H groups in total. The Hall–Kier alpha value is -0.370. The van der Waals surface area contributed by atoms with Gasteiger partial charge in [-0.05, 0) is 42.7 Å². The summed E-state index contributed by atoms with van der Waals surface area (Å²) < 4.78 is 25.0. The molecule has 1 aromatic heterocycles. The Labute approximate surface area is 143 Å². The molecule has 2 aliphatic rings. The lowest BCUT2D eigenvalue weighted by molar-refractivity contribution is 0.0609. The number of hydrogen-bond donors (Lipinski definition) is 1. The van der Waals surface area contributed by atoms with E-state index in [1.807, 2.05) is 4.90 Å². The molecule has 2 aliphatic heterocycles. The summed E-state index contributed by atoms with van der Waals surface area (Å²) in [6.45, 7) is 3.57. The van der Waals surface area contributed by atoms with Crippen molar-refractivity contribution in [2.45, 2.75) is 29.9 Å². The molecule has 1 spiro atoms. The Morgan fingerprint density at radius 1 is 1.36 bits per heavy atom. The van der Waals surface area contributed by atoms with Crippen LogP contribution in [0.3, 0.4) is 0 Å². The lowest BCUT2D eigenvalue weighted by Crippen LogP contribution is -2.43. The standard InChI is InChI=1S/C14H18F2N2OS2.ClH/c15-13(16)21-10-1-8-20-11(10)12(19)18-6-3-14(4-7-18)2-5-17-9-14;/h1,8,13,17H,2-7,9H2;1H. The molecule has 3 rings (SSSR count). The number of carbonyl (C=O) groups excluding carboxylic acids is 1. The fraction of sp³-hybridized carbons (Fsp3) is 0.643. The summed E-state index contributed by atoms with van der Waals surface area (Å²) in [5.74, 6) is -2.57. The van der Waals surface area contributed by atoms with Crippen molar-refractivity contribution >= 4 is 41.4 Å². The highest BCUT2D eigenvalue weighted by Crippen LogP contribution is 2.38. The van der Waals surface area contributed by atoms with Crippen molar-refractivity contribution in [3.05, 3.63) is 16.3 Å². The average Bonchev–Trinajstić information content (AvgIpc) is 3.08. The van der Waals surface area contributed by atoms with Gasteiger partial charge in [0.25, 0.3) is 11.7 Å². The van der Waals surface area contributed by atoms with Crippen LogP contribution in [-0.4, -0.2) is 42.7 Å². The lowest BCUT2D eigenvalue weighted by Gasteiger charge is -2.38. The first-order chi connectivity index (χ1) is 10.1. The maximum absolute atomic E-state index is 12.5. The van der Waals surface area contributed by atoms with Gasteiger partial charge in [0.05, 0.1) is 0 Å². The zero-order valence-corrected chi connectivity index (χ0v) is 14.5. The van der Waals surface area contributed by atoms with Gasteiger partial charge in [0.15, 0.2) is 0 Å². The van der Waals surface area contributed by atoms with E-state index in [0.717, 1.165) is 39.0 Å². The number of rotatable bonds is 3. The molecule has 22 heavy (non-hydrogen) atoms. The fourth-order valence-corrected chi connectivity index (χ4v) is 4.85. The normalized spacial score (nSPS) is 20.4. The van der Waals surface area contributed by atoms with Crippen LogP contribution in [0.1, 0.15) is 28.9 Å². The predicted octanol–water partition coefficient (Wildman–Crippen LogP) is 3.70. The number of thiophene rings is 1. The number of nitrogens with one attached hydrogen (secondary N) is 1. The third-order valence-corrected chi connectivity index (χ3v) is 6.29. The Kier molecular flexibility index (Phi) is 6.10. The van der Waals surface area contributed by atoms with Gasteiger partial charge in [0, 0.05) is 24.5 Å². The first kappa shape index (κ1) is 18.0. The van der Waals surface area contributed by atoms with Crippen LogP contribution in [0.25, 0.3) is 0 Å². The van der Waals surface area contributed by atoms with E-state index in [0.29, 0.717) is 26.9 Å². The lowest BCUT2D eigenvalue weighted by atomic mass is 9.78. The van der Waals surface area contributed by atoms with Crippen LogP contribution >= 0.6 is 35.5 Å². The third-order valence-electron chi connectivity index (χ3n) is 4.48. The minimum Gasteiger partial charge on any atom is -0.338 e. The summed E-state index contributed by atoms with van der Waals surface area (Å²) in [6.07, 6.45) is 3.20. The van der Waals surface area contributed by atoms with E-state index < -0.39 is 5.76 Å². The van der Waals surface area contributed by atoms with Gasteiger partial charge < -0.3 is 10.2 Å². The van der Waals surface area contributed by atoms with Crippen molar-refractivity contribution in [2.24, 2.45) is 5.41 Å². The molecule has 2 fully saturated rings. The molecule has 1 aromatic rings. The summed E-state index contributed by atoms with van der Waals surface area (Å²) in [6, 6.07) is 1.61. The second-order valence-corrected chi connectivity index (χ2v) is 7.66. The van der Waals surface area contributed by atoms with Crippen LogP contribution in [0.2, 0.25) is 0 Å². The van der Waals surface area contributed by atoms with Crippen molar-refractivity contribution in [1.29, 1.82) is 0 Å². The molecule has 3 nitrogen and oxygen atoms in total. The average molecular weight is 369 g/mol. The van der Waals surface area contributed by atoms with Crippen LogP contribution in [0.4, 0.5) is 8.78 Å². The van der Waals surface area contributed by atoms with E-state index in [4.69, 9.17) is 0 Å². The van der Waals surface area contributed by atoms with E-state index in [1.54, 1.807) is 11.4 Å². The second-order valence-electron chi connectivity index (χ2n) is 5.71. The smallest absolute Gasteiger partial charge is 0.288 e. The zero-order chi connectivity index (χ0) is 14.9. The zero-order valence-electron chi connectivity index (χ0n) is 12.0. The molecule has 0 aliphatic carbocycles. The molecule has 1 amide bonds. The van der Waals surface area contributed by atoms with Crippen molar-refractivity contribution < 1.29 is 13.6 Å². The number of nitrogens with zero attached hydrogens (tertiary/aromatic N) is 1. The number of thioether (sulfide) groups is 1. The summed E-state index contributed by atoms with van der Waals surface area (Å²) in [5.41, 5.74) is 0.354. The minimum absolute atomic E-state index is 0. The molecular formula is C14H19ClF2N2OS2. The molecule has 2 saturated heterocycles. The molecule has 0 aromatic carbocycles. The highest BCUT2D eigenvalue weighted by Gasteiger charge is 2.38. The molecule has 0 unspecified atom stereocenters. The van der Waals surface area contributed by atoms with E-state index in [1.165, 1.54) is 17.8 Å². The monoisotopic (exact) mass is 368 g/mol. The highest BCUT2D eigenvalue weighted by atomic mass is 35.5. The molecular weight excluding hydrogens is 350 g/mol. The van der Waals surface area contributed by atoms with Crippen LogP contribution in [0.5, 0.6) is 0 Å². The number of alkyl halides is 2. The predicted molar refractivity (Wildman–Crippen MR) is 88.5 cm³/mol. The molecule has 0 radical (unpaired) electrons. The Balaban J connectivity index is 0.00000176. The largest absolute Gasteiger partial charge is 0.338 e. The maximum Gasteiger partial charge on any atom is 0.288 e. The van der Waals surface area contributed by atoms with E-state index in [9.17, 15) is 13.6 Å². The highest BCUT2D eigenvalue weighted by molar-refractivity contribution is 7.99. The first-order valence-corrected chi connectivity index (χ1v) is 8.88. The quantitative estimate of drug-likeness (QED) is 0.825.